The summed E-state index contributed by atoms with van der Waals surface area (Å²) in [6.45, 7) is 6.91. The molecule has 0 amide bonds. The first-order valence-electron chi connectivity index (χ1n) is 7.42. The maximum Gasteiger partial charge on any atom is 0.0632 e. The fraction of sp³-hybridized carbons (Fsp3) is 0.529. The van der Waals surface area contributed by atoms with E-state index in [1.807, 2.05) is 13.8 Å². The van der Waals surface area contributed by atoms with Gasteiger partial charge in [0.2, 0.25) is 0 Å². The van der Waals surface area contributed by atoms with Gasteiger partial charge in [-0.3, -0.25) is 4.90 Å². The number of aliphatic hydroxyl groups is 1. The first kappa shape index (κ1) is 13.7. The molecule has 2 heterocycles. The van der Waals surface area contributed by atoms with Crippen molar-refractivity contribution < 1.29 is 5.11 Å². The van der Waals surface area contributed by atoms with Crippen LogP contribution in [0.2, 0.25) is 0 Å². The molecular weight excluding hydrogens is 248 g/mol. The van der Waals surface area contributed by atoms with Crippen molar-refractivity contribution in [2.45, 2.75) is 32.4 Å². The number of likely N-dealkylation sites (tertiary alicyclic amines) is 1. The molecule has 1 aromatic carbocycles. The molecule has 1 N–H and O–H groups in total. The number of fused-ring (bicyclic) bond motifs is 1. The summed E-state index contributed by atoms with van der Waals surface area (Å²) in [6.07, 6.45) is 3.20. The summed E-state index contributed by atoms with van der Waals surface area (Å²) in [5, 5.41) is 11.4. The lowest BCUT2D eigenvalue weighted by Crippen LogP contribution is -2.33. The number of nitrogens with zero attached hydrogens (tertiary/aromatic N) is 2. The van der Waals surface area contributed by atoms with Crippen LogP contribution in [-0.4, -0.2) is 33.3 Å². The molecule has 0 bridgehead atoms. The van der Waals surface area contributed by atoms with Crippen LogP contribution in [0.1, 0.15) is 25.8 Å². The molecule has 1 unspecified atom stereocenters. The molecule has 0 saturated carbocycles. The highest BCUT2D eigenvalue weighted by Crippen LogP contribution is 2.28. The molecular formula is C17H24N2O. The Morgan fingerprint density at radius 1 is 1.30 bits per heavy atom. The maximum absolute atomic E-state index is 10.1. The third-order valence-electron chi connectivity index (χ3n) is 4.63. The van der Waals surface area contributed by atoms with Gasteiger partial charge in [0, 0.05) is 37.8 Å². The highest BCUT2D eigenvalue weighted by molar-refractivity contribution is 5.80. The Labute approximate surface area is 120 Å². The highest BCUT2D eigenvalue weighted by Gasteiger charge is 2.33. The molecule has 3 heteroatoms. The predicted octanol–water partition coefficient (Wildman–Crippen LogP) is 2.77. The quantitative estimate of drug-likeness (QED) is 0.930. The van der Waals surface area contributed by atoms with E-state index in [0.717, 1.165) is 26.1 Å². The van der Waals surface area contributed by atoms with E-state index < -0.39 is 5.60 Å². The van der Waals surface area contributed by atoms with Gasteiger partial charge in [0.05, 0.1) is 5.60 Å². The van der Waals surface area contributed by atoms with Crippen LogP contribution >= 0.6 is 0 Å². The number of benzene rings is 1. The Hall–Kier alpha value is -1.32. The van der Waals surface area contributed by atoms with Gasteiger partial charge in [-0.25, -0.2) is 0 Å². The van der Waals surface area contributed by atoms with Crippen molar-refractivity contribution in [1.82, 2.24) is 9.47 Å². The Morgan fingerprint density at radius 2 is 2.10 bits per heavy atom. The number of aryl methyl sites for hydroxylation is 1. The molecule has 1 fully saturated rings. The molecule has 3 nitrogen and oxygen atoms in total. The summed E-state index contributed by atoms with van der Waals surface area (Å²) < 4.78 is 2.17. The van der Waals surface area contributed by atoms with E-state index in [2.05, 4.69) is 47.0 Å². The standard InChI is InChI=1S/C17H24N2O/c1-17(2,20)15-7-9-19(12-15)11-13-4-5-14-6-8-18(3)16(14)10-13/h4-6,8,10,15,20H,7,9,11-12H2,1-3H3. The molecule has 0 aliphatic carbocycles. The van der Waals surface area contributed by atoms with Gasteiger partial charge >= 0.3 is 0 Å². The lowest BCUT2D eigenvalue weighted by molar-refractivity contribution is 0.0208. The third-order valence-corrected chi connectivity index (χ3v) is 4.63. The van der Waals surface area contributed by atoms with Crippen molar-refractivity contribution in [3.8, 4) is 0 Å². The van der Waals surface area contributed by atoms with Gasteiger partial charge in [-0.1, -0.05) is 12.1 Å². The van der Waals surface area contributed by atoms with Crippen LogP contribution in [0.25, 0.3) is 10.9 Å². The molecule has 3 rings (SSSR count). The minimum Gasteiger partial charge on any atom is -0.390 e. The summed E-state index contributed by atoms with van der Waals surface area (Å²) in [5.41, 5.74) is 2.09. The summed E-state index contributed by atoms with van der Waals surface area (Å²) in [4.78, 5) is 2.45. The first-order chi connectivity index (χ1) is 9.43. The van der Waals surface area contributed by atoms with Crippen molar-refractivity contribution in [3.05, 3.63) is 36.0 Å². The molecule has 1 aliphatic rings. The minimum atomic E-state index is -0.559. The largest absolute Gasteiger partial charge is 0.390 e. The molecule has 1 atom stereocenters. The Bertz CT molecular complexity index is 609. The van der Waals surface area contributed by atoms with E-state index in [0.29, 0.717) is 5.92 Å². The summed E-state index contributed by atoms with van der Waals surface area (Å²) in [7, 11) is 2.09. The summed E-state index contributed by atoms with van der Waals surface area (Å²) in [6, 6.07) is 8.86. The average Bonchev–Trinajstić information content (AvgIpc) is 2.97. The Morgan fingerprint density at radius 3 is 2.80 bits per heavy atom. The molecule has 1 aromatic heterocycles. The molecule has 1 aliphatic heterocycles. The van der Waals surface area contributed by atoms with Gasteiger partial charge in [-0.2, -0.15) is 0 Å². The van der Waals surface area contributed by atoms with E-state index in [4.69, 9.17) is 0 Å². The van der Waals surface area contributed by atoms with Crippen LogP contribution in [0, 0.1) is 5.92 Å². The maximum atomic E-state index is 10.1. The zero-order valence-corrected chi connectivity index (χ0v) is 12.6. The first-order valence-corrected chi connectivity index (χ1v) is 7.42. The number of hydrogen-bond acceptors (Lipinski definition) is 2. The average molecular weight is 272 g/mol. The van der Waals surface area contributed by atoms with E-state index in [-0.39, 0.29) is 0 Å². The molecule has 0 spiro atoms. The number of rotatable bonds is 3. The summed E-state index contributed by atoms with van der Waals surface area (Å²) >= 11 is 0. The SMILES string of the molecule is Cn1ccc2ccc(CN3CCC(C(C)(C)O)C3)cc21. The van der Waals surface area contributed by atoms with Crippen molar-refractivity contribution in [3.63, 3.8) is 0 Å². The van der Waals surface area contributed by atoms with Crippen LogP contribution in [0.3, 0.4) is 0 Å². The van der Waals surface area contributed by atoms with Gasteiger partial charge < -0.3 is 9.67 Å². The summed E-state index contributed by atoms with van der Waals surface area (Å²) in [5.74, 6) is 0.390. The zero-order chi connectivity index (χ0) is 14.3. The van der Waals surface area contributed by atoms with Crippen molar-refractivity contribution in [2.75, 3.05) is 13.1 Å². The Balaban J connectivity index is 1.72. The monoisotopic (exact) mass is 272 g/mol. The van der Waals surface area contributed by atoms with Gasteiger partial charge in [-0.15, -0.1) is 0 Å². The molecule has 20 heavy (non-hydrogen) atoms. The molecule has 2 aromatic rings. The van der Waals surface area contributed by atoms with Crippen LogP contribution < -0.4 is 0 Å². The normalized spacial score (nSPS) is 20.9. The lowest BCUT2D eigenvalue weighted by atomic mass is 9.90. The molecule has 108 valence electrons. The van der Waals surface area contributed by atoms with E-state index in [1.165, 1.54) is 16.5 Å². The highest BCUT2D eigenvalue weighted by atomic mass is 16.3. The Kier molecular flexibility index (Phi) is 3.35. The fourth-order valence-electron chi connectivity index (χ4n) is 3.22. The topological polar surface area (TPSA) is 28.4 Å². The van der Waals surface area contributed by atoms with Gasteiger partial charge in [0.1, 0.15) is 0 Å². The second kappa shape index (κ2) is 4.90. The number of hydrogen-bond donors (Lipinski definition) is 1. The molecule has 1 saturated heterocycles. The van der Waals surface area contributed by atoms with Gasteiger partial charge in [-0.05, 0) is 49.9 Å². The second-order valence-corrected chi connectivity index (χ2v) is 6.69. The van der Waals surface area contributed by atoms with E-state index in [1.54, 1.807) is 0 Å². The van der Waals surface area contributed by atoms with E-state index >= 15 is 0 Å². The van der Waals surface area contributed by atoms with Crippen molar-refractivity contribution in [2.24, 2.45) is 13.0 Å². The predicted molar refractivity (Wildman–Crippen MR) is 82.6 cm³/mol. The van der Waals surface area contributed by atoms with Gasteiger partial charge in [0.25, 0.3) is 0 Å². The van der Waals surface area contributed by atoms with E-state index in [9.17, 15) is 5.11 Å². The van der Waals surface area contributed by atoms with Gasteiger partial charge in [0.15, 0.2) is 0 Å². The van der Waals surface area contributed by atoms with Crippen molar-refractivity contribution in [1.29, 1.82) is 0 Å². The fourth-order valence-corrected chi connectivity index (χ4v) is 3.22. The second-order valence-electron chi connectivity index (χ2n) is 6.69. The third kappa shape index (κ3) is 2.60. The van der Waals surface area contributed by atoms with Crippen LogP contribution in [-0.2, 0) is 13.6 Å². The minimum absolute atomic E-state index is 0.390. The van der Waals surface area contributed by atoms with Crippen LogP contribution in [0.5, 0.6) is 0 Å². The van der Waals surface area contributed by atoms with Crippen molar-refractivity contribution >= 4 is 10.9 Å². The number of aromatic nitrogens is 1. The lowest BCUT2D eigenvalue weighted by Gasteiger charge is -2.25. The smallest absolute Gasteiger partial charge is 0.0632 e. The molecule has 0 radical (unpaired) electrons. The van der Waals surface area contributed by atoms with Crippen LogP contribution in [0.15, 0.2) is 30.5 Å². The zero-order valence-electron chi connectivity index (χ0n) is 12.6. The van der Waals surface area contributed by atoms with Crippen LogP contribution in [0.4, 0.5) is 0 Å².